The van der Waals surface area contributed by atoms with Crippen LogP contribution in [-0.2, 0) is 4.74 Å². The molecule has 6 nitrogen and oxygen atoms in total. The Kier molecular flexibility index (Phi) is 3.92. The number of amides is 1. The van der Waals surface area contributed by atoms with E-state index in [0.29, 0.717) is 19.7 Å². The molecule has 7 heteroatoms. The Bertz CT molecular complexity index is 649. The van der Waals surface area contributed by atoms with Gasteiger partial charge in [0.1, 0.15) is 12.1 Å². The molecule has 1 saturated heterocycles. The first-order valence-electron chi connectivity index (χ1n) is 7.06. The number of fused-ring (bicyclic) bond motifs is 1. The van der Waals surface area contributed by atoms with E-state index >= 15 is 0 Å². The molecular weight excluding hydrogens is 288 g/mol. The summed E-state index contributed by atoms with van der Waals surface area (Å²) in [6.07, 6.45) is 1.40. The highest BCUT2D eigenvalue weighted by molar-refractivity contribution is 7.18. The van der Waals surface area contributed by atoms with Gasteiger partial charge in [0.15, 0.2) is 0 Å². The van der Waals surface area contributed by atoms with E-state index in [1.165, 1.54) is 5.56 Å². The molecule has 112 valence electrons. The van der Waals surface area contributed by atoms with Gasteiger partial charge in [-0.25, -0.2) is 14.8 Å². The van der Waals surface area contributed by atoms with Gasteiger partial charge in [-0.2, -0.15) is 0 Å². The second kappa shape index (κ2) is 5.85. The molecule has 0 aromatic carbocycles. The van der Waals surface area contributed by atoms with Gasteiger partial charge in [0.2, 0.25) is 0 Å². The Morgan fingerprint density at radius 2 is 2.10 bits per heavy atom. The van der Waals surface area contributed by atoms with Gasteiger partial charge in [0.05, 0.1) is 16.8 Å². The smallest absolute Gasteiger partial charge is 0.409 e. The fourth-order valence-electron chi connectivity index (χ4n) is 2.50. The van der Waals surface area contributed by atoms with Crippen LogP contribution in [0.5, 0.6) is 0 Å². The number of rotatable bonds is 2. The summed E-state index contributed by atoms with van der Waals surface area (Å²) >= 11 is 1.68. The number of aromatic nitrogens is 2. The molecule has 2 aromatic rings. The molecule has 0 bridgehead atoms. The Balaban J connectivity index is 1.75. The summed E-state index contributed by atoms with van der Waals surface area (Å²) in [5.41, 5.74) is 2.21. The molecule has 0 aliphatic carbocycles. The third-order valence-corrected chi connectivity index (χ3v) is 4.70. The fourth-order valence-corrected chi connectivity index (χ4v) is 3.52. The molecule has 0 saturated carbocycles. The molecule has 3 heterocycles. The lowest BCUT2D eigenvalue weighted by molar-refractivity contribution is 0.105. The number of nitrogens with zero attached hydrogens (tertiary/aromatic N) is 4. The summed E-state index contributed by atoms with van der Waals surface area (Å²) in [6, 6.07) is 0. The minimum absolute atomic E-state index is 0.225. The van der Waals surface area contributed by atoms with Gasteiger partial charge < -0.3 is 14.5 Å². The maximum absolute atomic E-state index is 11.7. The van der Waals surface area contributed by atoms with Gasteiger partial charge in [-0.05, 0) is 24.8 Å². The number of aryl methyl sites for hydroxylation is 1. The number of thiophene rings is 1. The molecule has 0 spiro atoms. The van der Waals surface area contributed by atoms with Crippen LogP contribution in [0.2, 0.25) is 0 Å². The summed E-state index contributed by atoms with van der Waals surface area (Å²) < 4.78 is 6.17. The lowest BCUT2D eigenvalue weighted by atomic mass is 10.3. The van der Waals surface area contributed by atoms with Gasteiger partial charge in [0.25, 0.3) is 0 Å². The zero-order chi connectivity index (χ0) is 14.8. The lowest BCUT2D eigenvalue weighted by Gasteiger charge is -2.34. The van der Waals surface area contributed by atoms with Crippen molar-refractivity contribution in [3.8, 4) is 0 Å². The molecule has 1 amide bonds. The zero-order valence-corrected chi connectivity index (χ0v) is 13.0. The van der Waals surface area contributed by atoms with Gasteiger partial charge in [-0.15, -0.1) is 11.3 Å². The van der Waals surface area contributed by atoms with Crippen LogP contribution in [0.1, 0.15) is 12.5 Å². The van der Waals surface area contributed by atoms with Crippen molar-refractivity contribution in [3.63, 3.8) is 0 Å². The number of ether oxygens (including phenoxy) is 1. The maximum atomic E-state index is 11.7. The van der Waals surface area contributed by atoms with Crippen molar-refractivity contribution < 1.29 is 9.53 Å². The van der Waals surface area contributed by atoms with Gasteiger partial charge in [-0.1, -0.05) is 0 Å². The molecule has 0 radical (unpaired) electrons. The van der Waals surface area contributed by atoms with Gasteiger partial charge in [-0.3, -0.25) is 0 Å². The Hall–Kier alpha value is -1.89. The van der Waals surface area contributed by atoms with Crippen LogP contribution in [0.15, 0.2) is 11.7 Å². The fraction of sp³-hybridized carbons (Fsp3) is 0.500. The van der Waals surface area contributed by atoms with Crippen molar-refractivity contribution in [2.75, 3.05) is 37.7 Å². The highest BCUT2D eigenvalue weighted by atomic mass is 32.1. The van der Waals surface area contributed by atoms with E-state index in [1.807, 2.05) is 6.92 Å². The molecule has 1 fully saturated rings. The number of anilines is 1. The topological polar surface area (TPSA) is 58.6 Å². The van der Waals surface area contributed by atoms with Gasteiger partial charge >= 0.3 is 6.09 Å². The van der Waals surface area contributed by atoms with E-state index in [0.717, 1.165) is 29.1 Å². The first-order valence-corrected chi connectivity index (χ1v) is 7.94. The van der Waals surface area contributed by atoms with E-state index in [4.69, 9.17) is 4.74 Å². The molecule has 0 N–H and O–H groups in total. The first-order chi connectivity index (χ1) is 10.2. The molecule has 1 aliphatic rings. The number of carbonyl (C=O) groups is 1. The van der Waals surface area contributed by atoms with E-state index < -0.39 is 0 Å². The van der Waals surface area contributed by atoms with Crippen molar-refractivity contribution in [1.82, 2.24) is 14.9 Å². The van der Waals surface area contributed by atoms with E-state index in [-0.39, 0.29) is 6.09 Å². The molecule has 0 atom stereocenters. The molecule has 1 aliphatic heterocycles. The predicted octanol–water partition coefficient (Wildman–Crippen LogP) is 2.28. The van der Waals surface area contributed by atoms with E-state index in [1.54, 1.807) is 22.6 Å². The minimum Gasteiger partial charge on any atom is -0.450 e. The first kappa shape index (κ1) is 14.1. The minimum atomic E-state index is -0.225. The number of hydrogen-bond acceptors (Lipinski definition) is 6. The normalized spacial score (nSPS) is 15.5. The Morgan fingerprint density at radius 3 is 2.81 bits per heavy atom. The Morgan fingerprint density at radius 1 is 1.33 bits per heavy atom. The van der Waals surface area contributed by atoms with Crippen LogP contribution in [0.25, 0.3) is 10.2 Å². The summed E-state index contributed by atoms with van der Waals surface area (Å²) in [7, 11) is 0. The molecule has 3 rings (SSSR count). The van der Waals surface area contributed by atoms with E-state index in [2.05, 4.69) is 27.2 Å². The van der Waals surface area contributed by atoms with E-state index in [9.17, 15) is 4.79 Å². The average molecular weight is 306 g/mol. The van der Waals surface area contributed by atoms with Crippen molar-refractivity contribution in [3.05, 3.63) is 17.3 Å². The van der Waals surface area contributed by atoms with Crippen LogP contribution in [0, 0.1) is 6.92 Å². The summed E-state index contributed by atoms with van der Waals surface area (Å²) in [4.78, 5) is 24.5. The number of carbonyl (C=O) groups excluding carboxylic acids is 1. The van der Waals surface area contributed by atoms with Crippen LogP contribution >= 0.6 is 11.3 Å². The Labute approximate surface area is 127 Å². The van der Waals surface area contributed by atoms with Crippen molar-refractivity contribution in [2.45, 2.75) is 13.8 Å². The second-order valence-corrected chi connectivity index (χ2v) is 5.85. The third-order valence-electron chi connectivity index (χ3n) is 3.62. The van der Waals surface area contributed by atoms with Crippen LogP contribution in [-0.4, -0.2) is 53.7 Å². The van der Waals surface area contributed by atoms with Crippen molar-refractivity contribution >= 4 is 33.5 Å². The highest BCUT2D eigenvalue weighted by Gasteiger charge is 2.24. The SMILES string of the molecule is CCOC(=O)N1CCN(c2ncnc3c(C)csc23)CC1. The van der Waals surface area contributed by atoms with Crippen LogP contribution in [0.3, 0.4) is 0 Å². The highest BCUT2D eigenvalue weighted by Crippen LogP contribution is 2.31. The molecule has 0 unspecified atom stereocenters. The zero-order valence-electron chi connectivity index (χ0n) is 12.2. The second-order valence-electron chi connectivity index (χ2n) is 4.97. The lowest BCUT2D eigenvalue weighted by Crippen LogP contribution is -2.49. The molecule has 21 heavy (non-hydrogen) atoms. The summed E-state index contributed by atoms with van der Waals surface area (Å²) in [5, 5.41) is 2.11. The summed E-state index contributed by atoms with van der Waals surface area (Å²) in [6.45, 7) is 7.16. The standard InChI is InChI=1S/C14H18N4O2S/c1-3-20-14(19)18-6-4-17(5-7-18)13-12-11(15-9-16-13)10(2)8-21-12/h8-9H,3-7H2,1-2H3. The number of piperazine rings is 1. The average Bonchev–Trinajstić information content (AvgIpc) is 2.89. The van der Waals surface area contributed by atoms with Crippen LogP contribution < -0.4 is 4.90 Å². The number of hydrogen-bond donors (Lipinski definition) is 0. The largest absolute Gasteiger partial charge is 0.450 e. The third kappa shape index (κ3) is 2.65. The molecule has 2 aromatic heterocycles. The maximum Gasteiger partial charge on any atom is 0.409 e. The van der Waals surface area contributed by atoms with Crippen molar-refractivity contribution in [2.24, 2.45) is 0 Å². The van der Waals surface area contributed by atoms with Gasteiger partial charge in [0, 0.05) is 26.2 Å². The molecular formula is C14H18N4O2S. The summed E-state index contributed by atoms with van der Waals surface area (Å²) in [5.74, 6) is 0.974. The predicted molar refractivity (Wildman–Crippen MR) is 83.0 cm³/mol. The monoisotopic (exact) mass is 306 g/mol. The van der Waals surface area contributed by atoms with Crippen LogP contribution in [0.4, 0.5) is 10.6 Å². The van der Waals surface area contributed by atoms with Crippen molar-refractivity contribution in [1.29, 1.82) is 0 Å². The quantitative estimate of drug-likeness (QED) is 0.852.